The molecule has 1 atom stereocenters. The fourth-order valence-corrected chi connectivity index (χ4v) is 4.60. The Bertz CT molecular complexity index is 661. The molecule has 0 spiro atoms. The number of nitrogens with zero attached hydrogens (tertiary/aromatic N) is 2. The van der Waals surface area contributed by atoms with Gasteiger partial charge in [-0.05, 0) is 33.3 Å². The van der Waals surface area contributed by atoms with Crippen LogP contribution in [0.5, 0.6) is 0 Å². The summed E-state index contributed by atoms with van der Waals surface area (Å²) < 4.78 is 23.2. The lowest BCUT2D eigenvalue weighted by molar-refractivity contribution is 0.574. The fourth-order valence-electron chi connectivity index (χ4n) is 2.50. The van der Waals surface area contributed by atoms with Crippen molar-refractivity contribution in [1.82, 2.24) is 4.98 Å². The summed E-state index contributed by atoms with van der Waals surface area (Å²) in [6, 6.07) is 3.92. The van der Waals surface area contributed by atoms with Crippen molar-refractivity contribution in [2.75, 3.05) is 16.8 Å². The van der Waals surface area contributed by atoms with E-state index >= 15 is 0 Å². The first-order valence-electron chi connectivity index (χ1n) is 6.12. The fraction of sp³-hybridized carbons (Fsp3) is 0.538. The van der Waals surface area contributed by atoms with Crippen LogP contribution >= 0.6 is 0 Å². The molecule has 0 saturated carbocycles. The third kappa shape index (κ3) is 2.87. The molecule has 2 rings (SSSR count). The van der Waals surface area contributed by atoms with Crippen LogP contribution in [-0.2, 0) is 9.84 Å². The van der Waals surface area contributed by atoms with E-state index in [0.717, 1.165) is 5.69 Å². The standard InChI is InChI=1S/C13H17N3O2S/c1-9-6-12(11(7-14)10(2)15-9)16-13(3)4-5-19(17,18)8-13/h6H,4-5,8H2,1-3H3,(H,15,16). The molecule has 0 aromatic carbocycles. The molecule has 1 aromatic heterocycles. The van der Waals surface area contributed by atoms with Gasteiger partial charge in [-0.15, -0.1) is 0 Å². The van der Waals surface area contributed by atoms with Gasteiger partial charge in [-0.25, -0.2) is 8.42 Å². The largest absolute Gasteiger partial charge is 0.378 e. The van der Waals surface area contributed by atoms with Gasteiger partial charge in [-0.1, -0.05) is 0 Å². The van der Waals surface area contributed by atoms with Gasteiger partial charge in [0.2, 0.25) is 0 Å². The molecular formula is C13H17N3O2S. The number of hydrogen-bond donors (Lipinski definition) is 1. The summed E-state index contributed by atoms with van der Waals surface area (Å²) in [6.07, 6.45) is 0.556. The number of aromatic nitrogens is 1. The average molecular weight is 279 g/mol. The van der Waals surface area contributed by atoms with Gasteiger partial charge < -0.3 is 5.32 Å². The Morgan fingerprint density at radius 2 is 2.16 bits per heavy atom. The summed E-state index contributed by atoms with van der Waals surface area (Å²) in [5.74, 6) is 0.298. The molecule has 0 bridgehead atoms. The van der Waals surface area contributed by atoms with Crippen molar-refractivity contribution in [3.8, 4) is 6.07 Å². The van der Waals surface area contributed by atoms with E-state index in [2.05, 4.69) is 16.4 Å². The smallest absolute Gasteiger partial charge is 0.152 e. The normalized spacial score (nSPS) is 24.9. The van der Waals surface area contributed by atoms with E-state index in [9.17, 15) is 13.7 Å². The minimum atomic E-state index is -2.97. The van der Waals surface area contributed by atoms with Crippen molar-refractivity contribution in [2.24, 2.45) is 0 Å². The molecule has 0 amide bonds. The summed E-state index contributed by atoms with van der Waals surface area (Å²) in [5, 5.41) is 12.4. The Morgan fingerprint density at radius 3 is 2.68 bits per heavy atom. The Hall–Kier alpha value is -1.61. The number of nitriles is 1. The van der Waals surface area contributed by atoms with E-state index in [4.69, 9.17) is 0 Å². The molecule has 102 valence electrons. The topological polar surface area (TPSA) is 82.9 Å². The van der Waals surface area contributed by atoms with Crippen LogP contribution in [0.25, 0.3) is 0 Å². The lowest BCUT2D eigenvalue weighted by Crippen LogP contribution is -2.36. The van der Waals surface area contributed by atoms with Crippen molar-refractivity contribution in [1.29, 1.82) is 5.26 Å². The molecule has 1 fully saturated rings. The third-order valence-electron chi connectivity index (χ3n) is 3.38. The summed E-state index contributed by atoms with van der Waals surface area (Å²) in [5.41, 5.74) is 2.12. The van der Waals surface area contributed by atoms with E-state index in [-0.39, 0.29) is 11.5 Å². The zero-order valence-corrected chi connectivity index (χ0v) is 12.1. The first-order chi connectivity index (χ1) is 8.75. The molecule has 1 saturated heterocycles. The van der Waals surface area contributed by atoms with Crippen LogP contribution in [0.3, 0.4) is 0 Å². The minimum Gasteiger partial charge on any atom is -0.378 e. The molecule has 0 aliphatic carbocycles. The molecule has 1 unspecified atom stereocenters. The summed E-state index contributed by atoms with van der Waals surface area (Å²) in [7, 11) is -2.97. The van der Waals surface area contributed by atoms with E-state index in [0.29, 0.717) is 23.4 Å². The second-order valence-corrected chi connectivity index (χ2v) is 7.60. The van der Waals surface area contributed by atoms with Gasteiger partial charge in [-0.3, -0.25) is 4.98 Å². The summed E-state index contributed by atoms with van der Waals surface area (Å²) >= 11 is 0. The van der Waals surface area contributed by atoms with Gasteiger partial charge in [0.05, 0.1) is 28.5 Å². The maximum atomic E-state index is 11.6. The zero-order chi connectivity index (χ0) is 14.3. The van der Waals surface area contributed by atoms with Gasteiger partial charge in [-0.2, -0.15) is 5.26 Å². The molecule has 0 radical (unpaired) electrons. The van der Waals surface area contributed by atoms with Crippen molar-refractivity contribution in [3.05, 3.63) is 23.0 Å². The monoisotopic (exact) mass is 279 g/mol. The number of hydrogen-bond acceptors (Lipinski definition) is 5. The molecule has 2 heterocycles. The Morgan fingerprint density at radius 1 is 1.47 bits per heavy atom. The molecule has 1 aromatic rings. The van der Waals surface area contributed by atoms with Gasteiger partial charge in [0.15, 0.2) is 9.84 Å². The van der Waals surface area contributed by atoms with Crippen LogP contribution in [-0.4, -0.2) is 30.4 Å². The number of pyridine rings is 1. The van der Waals surface area contributed by atoms with E-state index in [1.165, 1.54) is 0 Å². The molecule has 1 N–H and O–H groups in total. The van der Waals surface area contributed by atoms with Crippen LogP contribution in [0.2, 0.25) is 0 Å². The van der Waals surface area contributed by atoms with Crippen LogP contribution in [0.1, 0.15) is 30.3 Å². The highest BCUT2D eigenvalue weighted by Gasteiger charge is 2.38. The van der Waals surface area contributed by atoms with Crippen molar-refractivity contribution >= 4 is 15.5 Å². The lowest BCUT2D eigenvalue weighted by atomic mass is 10.0. The molecule has 6 heteroatoms. The maximum absolute atomic E-state index is 11.6. The summed E-state index contributed by atoms with van der Waals surface area (Å²) in [6.45, 7) is 5.52. The predicted octanol–water partition coefficient (Wildman–Crippen LogP) is 1.56. The molecule has 1 aliphatic heterocycles. The van der Waals surface area contributed by atoms with E-state index < -0.39 is 15.4 Å². The number of sulfone groups is 1. The zero-order valence-electron chi connectivity index (χ0n) is 11.3. The highest BCUT2D eigenvalue weighted by Crippen LogP contribution is 2.29. The average Bonchev–Trinajstić information content (AvgIpc) is 2.52. The highest BCUT2D eigenvalue weighted by atomic mass is 32.2. The predicted molar refractivity (Wildman–Crippen MR) is 73.7 cm³/mol. The van der Waals surface area contributed by atoms with Crippen molar-refractivity contribution < 1.29 is 8.42 Å². The number of rotatable bonds is 2. The Labute approximate surface area is 113 Å². The van der Waals surface area contributed by atoms with Gasteiger partial charge >= 0.3 is 0 Å². The summed E-state index contributed by atoms with van der Waals surface area (Å²) in [4.78, 5) is 4.25. The number of nitrogens with one attached hydrogen (secondary N) is 1. The molecular weight excluding hydrogens is 262 g/mol. The van der Waals surface area contributed by atoms with Crippen LogP contribution in [0.4, 0.5) is 5.69 Å². The first kappa shape index (κ1) is 13.8. The lowest BCUT2D eigenvalue weighted by Gasteiger charge is -2.26. The second-order valence-electron chi connectivity index (χ2n) is 5.41. The Balaban J connectivity index is 2.37. The van der Waals surface area contributed by atoms with E-state index in [1.54, 1.807) is 13.0 Å². The Kier molecular flexibility index (Phi) is 3.27. The van der Waals surface area contributed by atoms with Gasteiger partial charge in [0, 0.05) is 11.2 Å². The molecule has 19 heavy (non-hydrogen) atoms. The quantitative estimate of drug-likeness (QED) is 0.888. The van der Waals surface area contributed by atoms with Crippen molar-refractivity contribution in [2.45, 2.75) is 32.7 Å². The number of aryl methyl sites for hydroxylation is 2. The molecule has 5 nitrogen and oxygen atoms in total. The van der Waals surface area contributed by atoms with Crippen LogP contribution in [0.15, 0.2) is 6.07 Å². The van der Waals surface area contributed by atoms with Gasteiger partial charge in [0.1, 0.15) is 6.07 Å². The first-order valence-corrected chi connectivity index (χ1v) is 7.94. The SMILES string of the molecule is Cc1cc(NC2(C)CCS(=O)(=O)C2)c(C#N)c(C)n1. The van der Waals surface area contributed by atoms with E-state index in [1.807, 2.05) is 13.8 Å². The second kappa shape index (κ2) is 4.49. The van der Waals surface area contributed by atoms with Gasteiger partial charge in [0.25, 0.3) is 0 Å². The van der Waals surface area contributed by atoms with Crippen LogP contribution < -0.4 is 5.32 Å². The third-order valence-corrected chi connectivity index (χ3v) is 5.28. The number of anilines is 1. The van der Waals surface area contributed by atoms with Crippen molar-refractivity contribution in [3.63, 3.8) is 0 Å². The maximum Gasteiger partial charge on any atom is 0.152 e. The highest BCUT2D eigenvalue weighted by molar-refractivity contribution is 7.91. The van der Waals surface area contributed by atoms with Crippen LogP contribution in [0, 0.1) is 25.2 Å². The minimum absolute atomic E-state index is 0.102. The molecule has 1 aliphatic rings.